The van der Waals surface area contributed by atoms with E-state index < -0.39 is 5.97 Å². The lowest BCUT2D eigenvalue weighted by Crippen LogP contribution is -2.05. The molecule has 0 atom stereocenters. The smallest absolute Gasteiger partial charge is 0.335 e. The highest BCUT2D eigenvalue weighted by Gasteiger charge is 2.23. The molecule has 0 fully saturated rings. The molecule has 1 aliphatic rings. The molecule has 1 aliphatic heterocycles. The lowest BCUT2D eigenvalue weighted by atomic mass is 9.98. The molecule has 0 spiro atoms. The Balaban J connectivity index is 2.18. The van der Waals surface area contributed by atoms with Crippen LogP contribution in [-0.4, -0.2) is 16.9 Å². The molecule has 4 nitrogen and oxygen atoms in total. The van der Waals surface area contributed by atoms with Crippen LogP contribution in [0.2, 0.25) is 0 Å². The highest BCUT2D eigenvalue weighted by molar-refractivity contribution is 6.12. The fraction of sp³-hybridized carbons (Fsp3) is 0.0667. The van der Waals surface area contributed by atoms with E-state index in [1.165, 1.54) is 18.2 Å². The first-order valence-corrected chi connectivity index (χ1v) is 5.79. The Morgan fingerprint density at radius 2 is 1.89 bits per heavy atom. The van der Waals surface area contributed by atoms with Gasteiger partial charge in [-0.2, -0.15) is 0 Å². The molecule has 0 bridgehead atoms. The maximum absolute atomic E-state index is 12.4. The van der Waals surface area contributed by atoms with Gasteiger partial charge in [0.1, 0.15) is 12.4 Å². The summed E-state index contributed by atoms with van der Waals surface area (Å²) in [6.07, 6.45) is 0. The van der Waals surface area contributed by atoms with Gasteiger partial charge in [-0.1, -0.05) is 24.3 Å². The third-order valence-electron chi connectivity index (χ3n) is 3.12. The lowest BCUT2D eigenvalue weighted by Gasteiger charge is -2.06. The molecule has 0 aromatic heterocycles. The van der Waals surface area contributed by atoms with Crippen molar-refractivity contribution >= 4 is 11.8 Å². The van der Waals surface area contributed by atoms with E-state index >= 15 is 0 Å². The summed E-state index contributed by atoms with van der Waals surface area (Å²) in [7, 11) is 0. The number of fused-ring (bicyclic) bond motifs is 2. The third kappa shape index (κ3) is 1.87. The Morgan fingerprint density at radius 1 is 1.11 bits per heavy atom. The highest BCUT2D eigenvalue weighted by Crippen LogP contribution is 2.29. The van der Waals surface area contributed by atoms with Crippen LogP contribution in [-0.2, 0) is 6.61 Å². The van der Waals surface area contributed by atoms with Gasteiger partial charge in [-0.3, -0.25) is 4.79 Å². The van der Waals surface area contributed by atoms with Crippen LogP contribution in [0.4, 0.5) is 0 Å². The van der Waals surface area contributed by atoms with Gasteiger partial charge in [0.2, 0.25) is 0 Å². The predicted molar refractivity (Wildman–Crippen MR) is 67.6 cm³/mol. The van der Waals surface area contributed by atoms with E-state index in [2.05, 4.69) is 0 Å². The van der Waals surface area contributed by atoms with Gasteiger partial charge in [-0.05, 0) is 18.2 Å². The largest absolute Gasteiger partial charge is 0.488 e. The molecule has 0 saturated carbocycles. The maximum atomic E-state index is 12.4. The summed E-state index contributed by atoms with van der Waals surface area (Å²) in [5.41, 5.74) is 1.74. The van der Waals surface area contributed by atoms with Crippen molar-refractivity contribution in [1.29, 1.82) is 0 Å². The monoisotopic (exact) mass is 254 g/mol. The maximum Gasteiger partial charge on any atom is 0.335 e. The molecule has 0 radical (unpaired) electrons. The van der Waals surface area contributed by atoms with Gasteiger partial charge >= 0.3 is 5.97 Å². The minimum Gasteiger partial charge on any atom is -0.488 e. The Labute approximate surface area is 109 Å². The molecule has 2 aromatic rings. The fourth-order valence-corrected chi connectivity index (χ4v) is 2.13. The number of carbonyl (C=O) groups excluding carboxylic acids is 1. The van der Waals surface area contributed by atoms with Gasteiger partial charge in [0.05, 0.1) is 11.1 Å². The van der Waals surface area contributed by atoms with E-state index in [0.717, 1.165) is 5.56 Å². The number of benzene rings is 2. The Hall–Kier alpha value is -2.62. The SMILES string of the molecule is O=C(O)c1ccc2c(c1)C(=O)c1ccccc1CO2. The van der Waals surface area contributed by atoms with E-state index in [9.17, 15) is 9.59 Å². The summed E-state index contributed by atoms with van der Waals surface area (Å²) in [4.78, 5) is 23.4. The Bertz CT molecular complexity index is 688. The summed E-state index contributed by atoms with van der Waals surface area (Å²) in [5, 5.41) is 8.99. The average molecular weight is 254 g/mol. The average Bonchev–Trinajstić information content (AvgIpc) is 2.57. The van der Waals surface area contributed by atoms with Crippen molar-refractivity contribution in [2.24, 2.45) is 0 Å². The minimum atomic E-state index is -1.06. The summed E-state index contributed by atoms with van der Waals surface area (Å²) >= 11 is 0. The first kappa shape index (κ1) is 11.5. The van der Waals surface area contributed by atoms with Crippen LogP contribution in [0.5, 0.6) is 5.75 Å². The van der Waals surface area contributed by atoms with Gasteiger partial charge < -0.3 is 9.84 Å². The zero-order chi connectivity index (χ0) is 13.4. The Morgan fingerprint density at radius 3 is 2.68 bits per heavy atom. The second-order valence-corrected chi connectivity index (χ2v) is 4.29. The fourth-order valence-electron chi connectivity index (χ4n) is 2.13. The molecule has 0 unspecified atom stereocenters. The molecule has 1 N–H and O–H groups in total. The lowest BCUT2D eigenvalue weighted by molar-refractivity contribution is 0.0697. The highest BCUT2D eigenvalue weighted by atomic mass is 16.5. The Kier molecular flexibility index (Phi) is 2.56. The topological polar surface area (TPSA) is 63.6 Å². The van der Waals surface area contributed by atoms with Crippen LogP contribution in [0.3, 0.4) is 0 Å². The van der Waals surface area contributed by atoms with Crippen LogP contribution in [0.15, 0.2) is 42.5 Å². The van der Waals surface area contributed by atoms with Crippen molar-refractivity contribution < 1.29 is 19.4 Å². The number of hydrogen-bond donors (Lipinski definition) is 1. The van der Waals surface area contributed by atoms with Crippen molar-refractivity contribution in [2.75, 3.05) is 0 Å². The number of carboxylic acids is 1. The van der Waals surface area contributed by atoms with Gasteiger partial charge in [-0.15, -0.1) is 0 Å². The summed E-state index contributed by atoms with van der Waals surface area (Å²) in [6, 6.07) is 11.5. The molecule has 1 heterocycles. The number of ketones is 1. The zero-order valence-corrected chi connectivity index (χ0v) is 9.92. The molecule has 94 valence electrons. The van der Waals surface area contributed by atoms with Crippen molar-refractivity contribution in [3.63, 3.8) is 0 Å². The van der Waals surface area contributed by atoms with Crippen LogP contribution in [0, 0.1) is 0 Å². The second kappa shape index (κ2) is 4.24. The third-order valence-corrected chi connectivity index (χ3v) is 3.12. The van der Waals surface area contributed by atoms with E-state index in [0.29, 0.717) is 23.5 Å². The van der Waals surface area contributed by atoms with Crippen molar-refractivity contribution in [1.82, 2.24) is 0 Å². The molecule has 4 heteroatoms. The quantitative estimate of drug-likeness (QED) is 0.849. The van der Waals surface area contributed by atoms with Crippen molar-refractivity contribution in [3.8, 4) is 5.75 Å². The predicted octanol–water partition coefficient (Wildman–Crippen LogP) is 2.51. The minimum absolute atomic E-state index is 0.0788. The summed E-state index contributed by atoms with van der Waals surface area (Å²) < 4.78 is 5.57. The number of rotatable bonds is 1. The van der Waals surface area contributed by atoms with Crippen LogP contribution in [0.1, 0.15) is 31.8 Å². The van der Waals surface area contributed by atoms with Crippen LogP contribution >= 0.6 is 0 Å². The summed E-state index contributed by atoms with van der Waals surface area (Å²) in [5.74, 6) is -0.842. The molecule has 0 saturated heterocycles. The molecule has 19 heavy (non-hydrogen) atoms. The second-order valence-electron chi connectivity index (χ2n) is 4.29. The van der Waals surface area contributed by atoms with Crippen LogP contribution in [0.25, 0.3) is 0 Å². The van der Waals surface area contributed by atoms with Gasteiger partial charge in [-0.25, -0.2) is 4.79 Å². The molecule has 0 aliphatic carbocycles. The number of aromatic carboxylic acids is 1. The number of carbonyl (C=O) groups is 2. The van der Waals surface area contributed by atoms with E-state index in [-0.39, 0.29) is 11.3 Å². The first-order valence-electron chi connectivity index (χ1n) is 5.79. The van der Waals surface area contributed by atoms with E-state index in [4.69, 9.17) is 9.84 Å². The molecule has 3 rings (SSSR count). The van der Waals surface area contributed by atoms with Gasteiger partial charge in [0, 0.05) is 11.1 Å². The molecular formula is C15H10O4. The zero-order valence-electron chi connectivity index (χ0n) is 9.92. The van der Waals surface area contributed by atoms with E-state index in [1.54, 1.807) is 12.1 Å². The van der Waals surface area contributed by atoms with Gasteiger partial charge in [0.15, 0.2) is 5.78 Å². The number of ether oxygens (including phenoxy) is 1. The normalized spacial score (nSPS) is 12.9. The first-order chi connectivity index (χ1) is 9.16. The number of hydrogen-bond acceptors (Lipinski definition) is 3. The molecule has 0 amide bonds. The molecular weight excluding hydrogens is 244 g/mol. The van der Waals surface area contributed by atoms with Crippen LogP contribution < -0.4 is 4.74 Å². The summed E-state index contributed by atoms with van der Waals surface area (Å²) in [6.45, 7) is 0.307. The van der Waals surface area contributed by atoms with Crippen molar-refractivity contribution in [3.05, 3.63) is 64.7 Å². The molecule has 2 aromatic carbocycles. The standard InChI is InChI=1S/C15H10O4/c16-14-11-4-2-1-3-10(11)8-19-13-6-5-9(15(17)18)7-12(13)14/h1-7H,8H2,(H,17,18). The van der Waals surface area contributed by atoms with Gasteiger partial charge in [0.25, 0.3) is 0 Å². The number of carboxylic acid groups (broad SMARTS) is 1. The van der Waals surface area contributed by atoms with Crippen molar-refractivity contribution in [2.45, 2.75) is 6.61 Å². The van der Waals surface area contributed by atoms with E-state index in [1.807, 2.05) is 12.1 Å².